The molecule has 0 unspecified atom stereocenters. The van der Waals surface area contributed by atoms with Crippen LogP contribution < -0.4 is 0 Å². The number of carboxylic acids is 1. The molecule has 16 heavy (non-hydrogen) atoms. The zero-order chi connectivity index (χ0) is 11.5. The summed E-state index contributed by atoms with van der Waals surface area (Å²) >= 11 is 5.09. The maximum Gasteiger partial charge on any atom is 0.352 e. The lowest BCUT2D eigenvalue weighted by Gasteiger charge is -2.04. The smallest absolute Gasteiger partial charge is 0.352 e. The average Bonchev–Trinajstić information content (AvgIpc) is 2.83. The number of rotatable bonds is 4. The fourth-order valence-corrected chi connectivity index (χ4v) is 2.99. The molecule has 0 aromatic carbocycles. The third-order valence-electron chi connectivity index (χ3n) is 2.28. The number of aromatic carboxylic acids is 1. The van der Waals surface area contributed by atoms with Gasteiger partial charge in [-0.05, 0) is 46.6 Å². The molecule has 2 rings (SSSR count). The molecule has 0 saturated carbocycles. The first-order valence-electron chi connectivity index (χ1n) is 4.79. The van der Waals surface area contributed by atoms with Crippen molar-refractivity contribution in [1.82, 2.24) is 4.57 Å². The molecule has 0 aliphatic rings. The van der Waals surface area contributed by atoms with E-state index in [0.29, 0.717) is 12.2 Å². The lowest BCUT2D eigenvalue weighted by atomic mass is 10.3. The van der Waals surface area contributed by atoms with Crippen LogP contribution in [-0.4, -0.2) is 15.6 Å². The minimum atomic E-state index is -0.877. The van der Waals surface area contributed by atoms with Crippen molar-refractivity contribution in [3.8, 4) is 0 Å². The van der Waals surface area contributed by atoms with Gasteiger partial charge in [-0.3, -0.25) is 0 Å². The molecule has 0 atom stereocenters. The molecule has 0 aliphatic heterocycles. The maximum absolute atomic E-state index is 10.9. The average molecular weight is 300 g/mol. The van der Waals surface area contributed by atoms with Gasteiger partial charge in [0.1, 0.15) is 5.69 Å². The summed E-state index contributed by atoms with van der Waals surface area (Å²) in [7, 11) is 0. The Balaban J connectivity index is 2.04. The molecule has 5 heteroatoms. The van der Waals surface area contributed by atoms with Crippen LogP contribution in [0.5, 0.6) is 0 Å². The minimum absolute atomic E-state index is 0.343. The number of hydrogen-bond donors (Lipinski definition) is 1. The van der Waals surface area contributed by atoms with Crippen LogP contribution in [0.25, 0.3) is 0 Å². The van der Waals surface area contributed by atoms with Crippen LogP contribution >= 0.6 is 27.3 Å². The van der Waals surface area contributed by atoms with Gasteiger partial charge in [0, 0.05) is 17.6 Å². The van der Waals surface area contributed by atoms with E-state index in [0.717, 1.165) is 10.2 Å². The second-order valence-corrected chi connectivity index (χ2v) is 5.90. The summed E-state index contributed by atoms with van der Waals surface area (Å²) < 4.78 is 2.86. The van der Waals surface area contributed by atoms with Gasteiger partial charge in [0.25, 0.3) is 0 Å². The fraction of sp³-hybridized carbons (Fsp3) is 0.182. The van der Waals surface area contributed by atoms with Crippen molar-refractivity contribution in [2.24, 2.45) is 0 Å². The Morgan fingerprint density at radius 3 is 2.88 bits per heavy atom. The highest BCUT2D eigenvalue weighted by atomic mass is 79.9. The van der Waals surface area contributed by atoms with E-state index >= 15 is 0 Å². The highest BCUT2D eigenvalue weighted by Gasteiger charge is 2.08. The lowest BCUT2D eigenvalue weighted by Crippen LogP contribution is -2.08. The zero-order valence-electron chi connectivity index (χ0n) is 8.39. The number of aromatic nitrogens is 1. The molecule has 0 radical (unpaired) electrons. The third kappa shape index (κ3) is 2.54. The second-order valence-electron chi connectivity index (χ2n) is 3.35. The maximum atomic E-state index is 10.9. The fourth-order valence-electron chi connectivity index (χ4n) is 1.52. The van der Waals surface area contributed by atoms with Gasteiger partial charge < -0.3 is 9.67 Å². The highest BCUT2D eigenvalue weighted by Crippen LogP contribution is 2.22. The van der Waals surface area contributed by atoms with E-state index in [2.05, 4.69) is 22.0 Å². The first-order chi connectivity index (χ1) is 7.66. The van der Waals surface area contributed by atoms with Crippen molar-refractivity contribution in [2.45, 2.75) is 13.0 Å². The van der Waals surface area contributed by atoms with Gasteiger partial charge in [0.2, 0.25) is 0 Å². The van der Waals surface area contributed by atoms with E-state index in [1.54, 1.807) is 34.2 Å². The van der Waals surface area contributed by atoms with Crippen molar-refractivity contribution >= 4 is 33.2 Å². The molecule has 2 aromatic rings. The number of thiophene rings is 1. The largest absolute Gasteiger partial charge is 0.477 e. The van der Waals surface area contributed by atoms with Crippen molar-refractivity contribution in [1.29, 1.82) is 0 Å². The lowest BCUT2D eigenvalue weighted by molar-refractivity contribution is 0.0685. The molecular weight excluding hydrogens is 290 g/mol. The van der Waals surface area contributed by atoms with Gasteiger partial charge >= 0.3 is 5.97 Å². The molecule has 0 spiro atoms. The summed E-state index contributed by atoms with van der Waals surface area (Å²) in [5, 5.41) is 8.93. The monoisotopic (exact) mass is 299 g/mol. The number of halogens is 1. The number of carbonyl (C=O) groups is 1. The molecule has 2 aromatic heterocycles. The Morgan fingerprint density at radius 2 is 2.25 bits per heavy atom. The number of nitrogens with zero attached hydrogens (tertiary/aromatic N) is 1. The summed E-state index contributed by atoms with van der Waals surface area (Å²) in [6.45, 7) is 0.696. The SMILES string of the molecule is O=C(O)c1cccn1CCc1ccc(Br)s1. The van der Waals surface area contributed by atoms with Gasteiger partial charge in [-0.25, -0.2) is 4.79 Å². The summed E-state index contributed by atoms with van der Waals surface area (Å²) in [6, 6.07) is 7.44. The molecule has 0 aliphatic carbocycles. The van der Waals surface area contributed by atoms with Crippen molar-refractivity contribution in [3.63, 3.8) is 0 Å². The van der Waals surface area contributed by atoms with Crippen LogP contribution in [0.2, 0.25) is 0 Å². The van der Waals surface area contributed by atoms with Crippen LogP contribution in [0, 0.1) is 0 Å². The Kier molecular flexibility index (Phi) is 3.46. The molecule has 1 N–H and O–H groups in total. The molecule has 0 fully saturated rings. The van der Waals surface area contributed by atoms with Crippen molar-refractivity contribution in [2.75, 3.05) is 0 Å². The molecule has 84 valence electrons. The standard InChI is InChI=1S/C11H10BrNO2S/c12-10-4-3-8(16-10)5-7-13-6-1-2-9(13)11(14)15/h1-4,6H,5,7H2,(H,14,15). The van der Waals surface area contributed by atoms with E-state index in [9.17, 15) is 4.79 Å². The minimum Gasteiger partial charge on any atom is -0.477 e. The van der Waals surface area contributed by atoms with Crippen LogP contribution in [0.4, 0.5) is 0 Å². The molecule has 2 heterocycles. The van der Waals surface area contributed by atoms with E-state index in [4.69, 9.17) is 5.11 Å². The van der Waals surface area contributed by atoms with Gasteiger partial charge in [-0.1, -0.05) is 0 Å². The van der Waals surface area contributed by atoms with Crippen molar-refractivity contribution < 1.29 is 9.90 Å². The van der Waals surface area contributed by atoms with Crippen LogP contribution in [0.3, 0.4) is 0 Å². The number of aryl methyl sites for hydroxylation is 2. The highest BCUT2D eigenvalue weighted by molar-refractivity contribution is 9.11. The van der Waals surface area contributed by atoms with E-state index in [-0.39, 0.29) is 0 Å². The first kappa shape index (κ1) is 11.4. The van der Waals surface area contributed by atoms with Crippen molar-refractivity contribution in [3.05, 3.63) is 44.8 Å². The molecule has 0 saturated heterocycles. The van der Waals surface area contributed by atoms with Gasteiger partial charge in [-0.2, -0.15) is 0 Å². The molecule has 3 nitrogen and oxygen atoms in total. The van der Waals surface area contributed by atoms with E-state index in [1.165, 1.54) is 4.88 Å². The van der Waals surface area contributed by atoms with E-state index in [1.807, 2.05) is 6.07 Å². The summed E-state index contributed by atoms with van der Waals surface area (Å²) in [6.07, 6.45) is 2.65. The summed E-state index contributed by atoms with van der Waals surface area (Å²) in [5.74, 6) is -0.877. The molecule has 0 bridgehead atoms. The second kappa shape index (κ2) is 4.84. The Hall–Kier alpha value is -1.07. The first-order valence-corrected chi connectivity index (χ1v) is 6.40. The van der Waals surface area contributed by atoms with E-state index < -0.39 is 5.97 Å². The summed E-state index contributed by atoms with van der Waals surface area (Å²) in [4.78, 5) is 12.1. The number of hydrogen-bond acceptors (Lipinski definition) is 2. The number of carboxylic acid groups (broad SMARTS) is 1. The Bertz CT molecular complexity index is 504. The summed E-state index contributed by atoms with van der Waals surface area (Å²) in [5.41, 5.74) is 0.343. The molecule has 0 amide bonds. The molecular formula is C11H10BrNO2S. The topological polar surface area (TPSA) is 42.2 Å². The van der Waals surface area contributed by atoms with Crippen LogP contribution in [0.15, 0.2) is 34.2 Å². The predicted molar refractivity (Wildman–Crippen MR) is 67.1 cm³/mol. The van der Waals surface area contributed by atoms with Crippen LogP contribution in [0.1, 0.15) is 15.4 Å². The normalized spacial score (nSPS) is 10.6. The van der Waals surface area contributed by atoms with Gasteiger partial charge in [0.05, 0.1) is 3.79 Å². The van der Waals surface area contributed by atoms with Gasteiger partial charge in [0.15, 0.2) is 0 Å². The van der Waals surface area contributed by atoms with Gasteiger partial charge in [-0.15, -0.1) is 11.3 Å². The zero-order valence-corrected chi connectivity index (χ0v) is 10.8. The quantitative estimate of drug-likeness (QED) is 0.941. The van der Waals surface area contributed by atoms with Crippen LogP contribution in [-0.2, 0) is 13.0 Å². The third-order valence-corrected chi connectivity index (χ3v) is 3.96. The predicted octanol–water partition coefficient (Wildman–Crippen LogP) is 3.25. The Morgan fingerprint density at radius 1 is 1.44 bits per heavy atom. The Labute approximate surface area is 105 Å².